The fourth-order valence-electron chi connectivity index (χ4n) is 2.66. The minimum absolute atomic E-state index is 0.350. The van der Waals surface area contributed by atoms with Gasteiger partial charge in [0.05, 0.1) is 12.2 Å². The van der Waals surface area contributed by atoms with Gasteiger partial charge in [-0.3, -0.25) is 0 Å². The van der Waals surface area contributed by atoms with E-state index in [9.17, 15) is 4.79 Å². The number of hydrogen-bond acceptors (Lipinski definition) is 3. The lowest BCUT2D eigenvalue weighted by Gasteiger charge is -2.29. The number of rotatable bonds is 6. The Balaban J connectivity index is 2.00. The first-order chi connectivity index (χ1) is 10.8. The molecule has 2 aromatic rings. The van der Waals surface area contributed by atoms with Crippen molar-refractivity contribution in [3.63, 3.8) is 0 Å². The third-order valence-corrected chi connectivity index (χ3v) is 3.99. The van der Waals surface area contributed by atoms with Crippen LogP contribution in [0.4, 0.5) is 0 Å². The minimum atomic E-state index is -1.15. The van der Waals surface area contributed by atoms with Crippen molar-refractivity contribution in [3.05, 3.63) is 71.3 Å². The van der Waals surface area contributed by atoms with Crippen LogP contribution in [0.25, 0.3) is 0 Å². The maximum Gasteiger partial charge on any atom is 0.341 e. The maximum atomic E-state index is 12.2. The van der Waals surface area contributed by atoms with Crippen LogP contribution in [-0.2, 0) is 15.3 Å². The van der Waals surface area contributed by atoms with E-state index in [1.807, 2.05) is 48.5 Å². The number of hydrogen-bond donors (Lipinski definition) is 0. The number of fused-ring (bicyclic) bond motifs is 1. The lowest BCUT2D eigenvalue weighted by Crippen LogP contribution is -2.32. The number of ether oxygens (including phenoxy) is 2. The van der Waals surface area contributed by atoms with Crippen LogP contribution < -0.4 is 0 Å². The van der Waals surface area contributed by atoms with Gasteiger partial charge in [-0.2, -0.15) is 0 Å². The predicted octanol–water partition coefficient (Wildman–Crippen LogP) is 4.09. The smallest absolute Gasteiger partial charge is 0.341 e. The second-order valence-corrected chi connectivity index (χ2v) is 5.54. The van der Waals surface area contributed by atoms with Gasteiger partial charge in [-0.25, -0.2) is 4.79 Å². The van der Waals surface area contributed by atoms with Crippen molar-refractivity contribution in [2.45, 2.75) is 18.6 Å². The summed E-state index contributed by atoms with van der Waals surface area (Å²) in [5.74, 6) is -0.906. The highest BCUT2D eigenvalue weighted by Gasteiger charge is 2.48. The molecule has 1 heterocycles. The Kier molecular flexibility index (Phi) is 4.46. The molecule has 22 heavy (non-hydrogen) atoms. The molecule has 1 atom stereocenters. The highest BCUT2D eigenvalue weighted by Crippen LogP contribution is 2.42. The molecule has 0 radical (unpaired) electrons. The van der Waals surface area contributed by atoms with E-state index in [4.69, 9.17) is 21.1 Å². The number of unbranched alkanes of at least 4 members (excludes halogenated alkanes) is 1. The normalized spacial score (nSPS) is 19.8. The molecule has 0 fully saturated rings. The Hall–Kier alpha value is -1.84. The number of carbonyl (C=O) groups excluding carboxylic acids is 1. The van der Waals surface area contributed by atoms with E-state index in [0.29, 0.717) is 18.1 Å². The SMILES string of the molecule is O=C1OC(OCCCCCl)(c2ccccc2)c2ccccc21. The standard InChI is InChI=1S/C18H17ClO3/c19-12-6-7-13-21-18(14-8-2-1-3-9-14)16-11-5-4-10-15(16)17(20)22-18/h1-5,8-11H,6-7,12-13H2. The van der Waals surface area contributed by atoms with Gasteiger partial charge in [0, 0.05) is 17.0 Å². The lowest BCUT2D eigenvalue weighted by molar-refractivity contribution is -0.174. The van der Waals surface area contributed by atoms with Gasteiger partial charge in [0.15, 0.2) is 0 Å². The molecule has 0 amide bonds. The lowest BCUT2D eigenvalue weighted by atomic mass is 9.95. The molecular weight excluding hydrogens is 300 g/mol. The van der Waals surface area contributed by atoms with E-state index in [2.05, 4.69) is 0 Å². The minimum Gasteiger partial charge on any atom is -0.420 e. The van der Waals surface area contributed by atoms with E-state index in [1.54, 1.807) is 6.07 Å². The van der Waals surface area contributed by atoms with Crippen molar-refractivity contribution in [2.24, 2.45) is 0 Å². The molecule has 0 aliphatic carbocycles. The molecule has 2 aromatic carbocycles. The fraction of sp³-hybridized carbons (Fsp3) is 0.278. The Morgan fingerprint density at radius 1 is 1.00 bits per heavy atom. The van der Waals surface area contributed by atoms with E-state index in [-0.39, 0.29) is 5.97 Å². The maximum absolute atomic E-state index is 12.2. The topological polar surface area (TPSA) is 35.5 Å². The van der Waals surface area contributed by atoms with Crippen molar-refractivity contribution in [3.8, 4) is 0 Å². The number of carbonyl (C=O) groups is 1. The fourth-order valence-corrected chi connectivity index (χ4v) is 2.85. The number of cyclic esters (lactones) is 1. The van der Waals surface area contributed by atoms with Gasteiger partial charge in [0.25, 0.3) is 5.79 Å². The largest absolute Gasteiger partial charge is 0.420 e. The average molecular weight is 317 g/mol. The van der Waals surface area contributed by atoms with Crippen molar-refractivity contribution in [1.82, 2.24) is 0 Å². The summed E-state index contributed by atoms with van der Waals surface area (Å²) in [6.07, 6.45) is 1.68. The van der Waals surface area contributed by atoms with Crippen LogP contribution in [0, 0.1) is 0 Å². The quantitative estimate of drug-likeness (QED) is 0.457. The Bertz CT molecular complexity index is 656. The molecule has 114 valence electrons. The Morgan fingerprint density at radius 2 is 1.73 bits per heavy atom. The van der Waals surface area contributed by atoms with Crippen molar-refractivity contribution < 1.29 is 14.3 Å². The van der Waals surface area contributed by atoms with Gasteiger partial charge in [-0.05, 0) is 18.9 Å². The van der Waals surface area contributed by atoms with Gasteiger partial charge in [-0.1, -0.05) is 48.5 Å². The molecule has 1 aliphatic heterocycles. The molecule has 0 bridgehead atoms. The molecule has 0 N–H and O–H groups in total. The summed E-state index contributed by atoms with van der Waals surface area (Å²) in [5.41, 5.74) is 2.14. The van der Waals surface area contributed by atoms with Gasteiger partial charge >= 0.3 is 5.97 Å². The molecule has 1 aliphatic rings. The third-order valence-electron chi connectivity index (χ3n) is 3.73. The van der Waals surface area contributed by atoms with Crippen LogP contribution in [0.2, 0.25) is 0 Å². The predicted molar refractivity (Wildman–Crippen MR) is 85.0 cm³/mol. The molecule has 3 nitrogen and oxygen atoms in total. The highest BCUT2D eigenvalue weighted by molar-refractivity contribution is 6.17. The summed E-state index contributed by atoms with van der Waals surface area (Å²) >= 11 is 5.71. The highest BCUT2D eigenvalue weighted by atomic mass is 35.5. The Morgan fingerprint density at radius 3 is 2.50 bits per heavy atom. The molecular formula is C18H17ClO3. The van der Waals surface area contributed by atoms with Crippen LogP contribution in [0.5, 0.6) is 0 Å². The van der Waals surface area contributed by atoms with E-state index in [1.165, 1.54) is 0 Å². The molecule has 4 heteroatoms. The number of alkyl halides is 1. The summed E-state index contributed by atoms with van der Waals surface area (Å²) in [6, 6.07) is 16.9. The molecule has 0 saturated heterocycles. The number of halogens is 1. The molecule has 0 aromatic heterocycles. The molecule has 1 unspecified atom stereocenters. The van der Waals surface area contributed by atoms with Crippen LogP contribution in [-0.4, -0.2) is 18.5 Å². The third kappa shape index (κ3) is 2.62. The van der Waals surface area contributed by atoms with Crippen molar-refractivity contribution >= 4 is 17.6 Å². The van der Waals surface area contributed by atoms with Crippen molar-refractivity contribution in [2.75, 3.05) is 12.5 Å². The Labute approximate surface area is 134 Å². The zero-order valence-electron chi connectivity index (χ0n) is 12.1. The van der Waals surface area contributed by atoms with Crippen LogP contribution in [0.15, 0.2) is 54.6 Å². The molecule has 0 spiro atoms. The summed E-state index contributed by atoms with van der Waals surface area (Å²) in [5, 5.41) is 0. The van der Waals surface area contributed by atoms with E-state index < -0.39 is 5.79 Å². The summed E-state index contributed by atoms with van der Waals surface area (Å²) in [7, 11) is 0. The number of esters is 1. The molecule has 0 saturated carbocycles. The average Bonchev–Trinajstić information content (AvgIpc) is 2.87. The first-order valence-corrected chi connectivity index (χ1v) is 7.89. The van der Waals surface area contributed by atoms with Gasteiger partial charge in [0.1, 0.15) is 0 Å². The zero-order chi connectivity index (χ0) is 15.4. The summed E-state index contributed by atoms with van der Waals surface area (Å²) in [4.78, 5) is 12.2. The summed E-state index contributed by atoms with van der Waals surface area (Å²) < 4.78 is 11.8. The number of benzene rings is 2. The zero-order valence-corrected chi connectivity index (χ0v) is 12.9. The first-order valence-electron chi connectivity index (χ1n) is 7.36. The monoisotopic (exact) mass is 316 g/mol. The van der Waals surface area contributed by atoms with Crippen LogP contribution >= 0.6 is 11.6 Å². The molecule has 3 rings (SSSR count). The van der Waals surface area contributed by atoms with Crippen LogP contribution in [0.3, 0.4) is 0 Å². The first kappa shape index (κ1) is 15.1. The van der Waals surface area contributed by atoms with Gasteiger partial charge in [0.2, 0.25) is 0 Å². The second kappa shape index (κ2) is 6.51. The second-order valence-electron chi connectivity index (χ2n) is 5.16. The van der Waals surface area contributed by atoms with Gasteiger partial charge in [-0.15, -0.1) is 11.6 Å². The summed E-state index contributed by atoms with van der Waals surface area (Å²) in [6.45, 7) is 0.475. The van der Waals surface area contributed by atoms with Crippen molar-refractivity contribution in [1.29, 1.82) is 0 Å². The van der Waals surface area contributed by atoms with Crippen LogP contribution in [0.1, 0.15) is 34.3 Å². The van der Waals surface area contributed by atoms with E-state index in [0.717, 1.165) is 24.0 Å². The van der Waals surface area contributed by atoms with E-state index >= 15 is 0 Å². The van der Waals surface area contributed by atoms with Gasteiger partial charge < -0.3 is 9.47 Å².